The maximum Gasteiger partial charge on any atom is 0.236 e. The Morgan fingerprint density at radius 1 is 0.893 bits per heavy atom. The molecule has 0 N–H and O–H groups in total. The van der Waals surface area contributed by atoms with Gasteiger partial charge in [-0.3, -0.25) is 14.5 Å². The van der Waals surface area contributed by atoms with Gasteiger partial charge in [-0.25, -0.2) is 0 Å². The van der Waals surface area contributed by atoms with Crippen molar-refractivity contribution >= 4 is 11.7 Å². The van der Waals surface area contributed by atoms with Gasteiger partial charge in [0.2, 0.25) is 5.91 Å². The number of ether oxygens (including phenoxy) is 2. The Kier molecular flexibility index (Phi) is 6.15. The van der Waals surface area contributed by atoms with Gasteiger partial charge in [0, 0.05) is 24.6 Å². The molecule has 1 amide bonds. The van der Waals surface area contributed by atoms with E-state index < -0.39 is 0 Å². The fourth-order valence-electron chi connectivity index (χ4n) is 4.40. The first-order valence-corrected chi connectivity index (χ1v) is 10.6. The van der Waals surface area contributed by atoms with Gasteiger partial charge in [0.05, 0.1) is 6.54 Å². The second-order valence-corrected chi connectivity index (χ2v) is 8.07. The van der Waals surface area contributed by atoms with Crippen LogP contribution in [0.1, 0.15) is 48.9 Å². The van der Waals surface area contributed by atoms with E-state index in [0.29, 0.717) is 36.8 Å². The van der Waals surface area contributed by atoms with Crippen LogP contribution in [0.25, 0.3) is 0 Å². The van der Waals surface area contributed by atoms with E-state index in [4.69, 9.17) is 9.47 Å². The summed E-state index contributed by atoms with van der Waals surface area (Å²) in [6.45, 7) is 4.98. The first-order chi connectivity index (χ1) is 13.7. The summed E-state index contributed by atoms with van der Waals surface area (Å²) in [5.41, 5.74) is 0.698. The quantitative estimate of drug-likeness (QED) is 0.745. The summed E-state index contributed by atoms with van der Waals surface area (Å²) >= 11 is 0. The third-order valence-electron chi connectivity index (χ3n) is 6.10. The summed E-state index contributed by atoms with van der Waals surface area (Å²) in [6, 6.07) is 5.48. The Bertz CT molecular complexity index is 704. The van der Waals surface area contributed by atoms with Crippen molar-refractivity contribution in [2.75, 3.05) is 45.9 Å². The van der Waals surface area contributed by atoms with E-state index in [9.17, 15) is 9.59 Å². The molecule has 2 saturated heterocycles. The van der Waals surface area contributed by atoms with Crippen LogP contribution in [-0.2, 0) is 4.79 Å². The molecule has 0 aliphatic carbocycles. The Hall–Kier alpha value is -2.08. The summed E-state index contributed by atoms with van der Waals surface area (Å²) in [5.74, 6) is 1.82. The molecule has 1 aromatic carbocycles. The number of carbonyl (C=O) groups excluding carboxylic acids is 2. The average molecular weight is 386 g/mol. The minimum atomic E-state index is 0.0205. The Morgan fingerprint density at radius 2 is 1.57 bits per heavy atom. The van der Waals surface area contributed by atoms with Crippen molar-refractivity contribution in [1.29, 1.82) is 0 Å². The number of fused-ring (bicyclic) bond motifs is 1. The van der Waals surface area contributed by atoms with Crippen LogP contribution in [0.15, 0.2) is 18.2 Å². The van der Waals surface area contributed by atoms with Crippen molar-refractivity contribution in [3.8, 4) is 11.5 Å². The number of benzene rings is 1. The Morgan fingerprint density at radius 3 is 2.29 bits per heavy atom. The highest BCUT2D eigenvalue weighted by molar-refractivity contribution is 5.98. The highest BCUT2D eigenvalue weighted by atomic mass is 16.6. The van der Waals surface area contributed by atoms with Gasteiger partial charge >= 0.3 is 0 Å². The van der Waals surface area contributed by atoms with E-state index in [1.807, 2.05) is 23.1 Å². The molecule has 0 saturated carbocycles. The van der Waals surface area contributed by atoms with Crippen molar-refractivity contribution in [3.63, 3.8) is 0 Å². The zero-order chi connectivity index (χ0) is 19.3. The van der Waals surface area contributed by atoms with Crippen LogP contribution in [0.2, 0.25) is 0 Å². The maximum atomic E-state index is 12.9. The fraction of sp³-hybridized carbons (Fsp3) is 0.636. The van der Waals surface area contributed by atoms with Crippen molar-refractivity contribution in [1.82, 2.24) is 9.80 Å². The van der Waals surface area contributed by atoms with E-state index in [-0.39, 0.29) is 17.6 Å². The number of ketones is 1. The number of piperidine rings is 1. The van der Waals surface area contributed by atoms with Gasteiger partial charge in [-0.2, -0.15) is 0 Å². The number of Topliss-reactive ketones (excluding diaryl/α,β-unsaturated/α-hetero) is 1. The SMILES string of the molecule is O=C(c1ccc2c(c1)OCCO2)C1CCN(CC(=O)N2CCCCCC2)CC1. The molecule has 152 valence electrons. The molecule has 3 aliphatic rings. The Labute approximate surface area is 166 Å². The number of nitrogens with zero attached hydrogens (tertiary/aromatic N) is 2. The zero-order valence-corrected chi connectivity index (χ0v) is 16.5. The molecule has 0 radical (unpaired) electrons. The molecule has 6 nitrogen and oxygen atoms in total. The molecular weight excluding hydrogens is 356 g/mol. The number of likely N-dealkylation sites (tertiary alicyclic amines) is 2. The lowest BCUT2D eigenvalue weighted by atomic mass is 9.88. The lowest BCUT2D eigenvalue weighted by molar-refractivity contribution is -0.132. The summed E-state index contributed by atoms with van der Waals surface area (Å²) < 4.78 is 11.1. The predicted molar refractivity (Wildman–Crippen MR) is 106 cm³/mol. The molecule has 0 atom stereocenters. The molecule has 0 spiro atoms. The molecule has 0 unspecified atom stereocenters. The smallest absolute Gasteiger partial charge is 0.236 e. The molecule has 28 heavy (non-hydrogen) atoms. The van der Waals surface area contributed by atoms with Crippen molar-refractivity contribution in [2.45, 2.75) is 38.5 Å². The van der Waals surface area contributed by atoms with E-state index >= 15 is 0 Å². The summed E-state index contributed by atoms with van der Waals surface area (Å²) in [6.07, 6.45) is 6.32. The Balaban J connectivity index is 1.29. The molecule has 3 heterocycles. The van der Waals surface area contributed by atoms with Crippen molar-refractivity contribution in [3.05, 3.63) is 23.8 Å². The van der Waals surface area contributed by atoms with Crippen LogP contribution in [0.5, 0.6) is 11.5 Å². The number of amides is 1. The summed E-state index contributed by atoms with van der Waals surface area (Å²) in [5, 5.41) is 0. The van der Waals surface area contributed by atoms with E-state index in [1.54, 1.807) is 0 Å². The third-order valence-corrected chi connectivity index (χ3v) is 6.10. The van der Waals surface area contributed by atoms with Gasteiger partial charge in [-0.15, -0.1) is 0 Å². The van der Waals surface area contributed by atoms with Gasteiger partial charge in [-0.1, -0.05) is 12.8 Å². The van der Waals surface area contributed by atoms with Gasteiger partial charge in [0.1, 0.15) is 13.2 Å². The summed E-state index contributed by atoms with van der Waals surface area (Å²) in [7, 11) is 0. The van der Waals surface area contributed by atoms with Crippen LogP contribution in [0.4, 0.5) is 0 Å². The van der Waals surface area contributed by atoms with Crippen LogP contribution < -0.4 is 9.47 Å². The molecule has 4 rings (SSSR count). The van der Waals surface area contributed by atoms with Crippen LogP contribution in [0, 0.1) is 5.92 Å². The molecule has 0 bridgehead atoms. The number of hydrogen-bond acceptors (Lipinski definition) is 5. The number of carbonyl (C=O) groups is 2. The third kappa shape index (κ3) is 4.49. The minimum Gasteiger partial charge on any atom is -0.486 e. The van der Waals surface area contributed by atoms with Gasteiger partial charge in [-0.05, 0) is 57.0 Å². The molecule has 0 aromatic heterocycles. The monoisotopic (exact) mass is 386 g/mol. The highest BCUT2D eigenvalue weighted by Gasteiger charge is 2.28. The van der Waals surface area contributed by atoms with E-state index in [0.717, 1.165) is 51.9 Å². The topological polar surface area (TPSA) is 59.1 Å². The van der Waals surface area contributed by atoms with Crippen LogP contribution in [0.3, 0.4) is 0 Å². The summed E-state index contributed by atoms with van der Waals surface area (Å²) in [4.78, 5) is 29.7. The lowest BCUT2D eigenvalue weighted by Gasteiger charge is -2.32. The van der Waals surface area contributed by atoms with E-state index in [2.05, 4.69) is 4.90 Å². The first-order valence-electron chi connectivity index (χ1n) is 10.6. The predicted octanol–water partition coefficient (Wildman–Crippen LogP) is 2.76. The minimum absolute atomic E-state index is 0.0205. The number of rotatable bonds is 4. The average Bonchev–Trinajstić information content (AvgIpc) is 3.03. The van der Waals surface area contributed by atoms with Gasteiger partial charge in [0.15, 0.2) is 17.3 Å². The van der Waals surface area contributed by atoms with Gasteiger partial charge < -0.3 is 14.4 Å². The zero-order valence-electron chi connectivity index (χ0n) is 16.5. The largest absolute Gasteiger partial charge is 0.486 e. The first kappa shape index (κ1) is 19.2. The van der Waals surface area contributed by atoms with Crippen LogP contribution >= 0.6 is 0 Å². The van der Waals surface area contributed by atoms with Crippen LogP contribution in [-0.4, -0.2) is 67.4 Å². The van der Waals surface area contributed by atoms with Crippen molar-refractivity contribution < 1.29 is 19.1 Å². The molecule has 2 fully saturated rings. The van der Waals surface area contributed by atoms with Crippen molar-refractivity contribution in [2.24, 2.45) is 5.92 Å². The fourth-order valence-corrected chi connectivity index (χ4v) is 4.40. The van der Waals surface area contributed by atoms with Gasteiger partial charge in [0.25, 0.3) is 0 Å². The maximum absolute atomic E-state index is 12.9. The molecule has 3 aliphatic heterocycles. The second-order valence-electron chi connectivity index (χ2n) is 8.07. The molecule has 1 aromatic rings. The lowest BCUT2D eigenvalue weighted by Crippen LogP contribution is -2.44. The molecule has 6 heteroatoms. The highest BCUT2D eigenvalue weighted by Crippen LogP contribution is 2.32. The normalized spacial score (nSPS) is 21.2. The van der Waals surface area contributed by atoms with E-state index in [1.165, 1.54) is 12.8 Å². The standard InChI is InChI=1S/C22H30N2O4/c25-21(24-9-3-1-2-4-10-24)16-23-11-7-17(8-12-23)22(26)18-5-6-19-20(15-18)28-14-13-27-19/h5-6,15,17H,1-4,7-14,16H2. The second kappa shape index (κ2) is 8.95. The number of hydrogen-bond donors (Lipinski definition) is 0. The molecular formula is C22H30N2O4.